The Balaban J connectivity index is 2.09. The second kappa shape index (κ2) is 7.60. The van der Waals surface area contributed by atoms with Gasteiger partial charge in [-0.25, -0.2) is 0 Å². The average Bonchev–Trinajstić information content (AvgIpc) is 2.65. The number of halogens is 1. The van der Waals surface area contributed by atoms with Gasteiger partial charge in [-0.2, -0.15) is 5.10 Å². The summed E-state index contributed by atoms with van der Waals surface area (Å²) in [6, 6.07) is 0. The van der Waals surface area contributed by atoms with Gasteiger partial charge in [0, 0.05) is 13.0 Å². The van der Waals surface area contributed by atoms with Crippen molar-refractivity contribution in [1.82, 2.24) is 9.78 Å². The molecule has 4 heteroatoms. The van der Waals surface area contributed by atoms with E-state index in [4.69, 9.17) is 0 Å². The van der Waals surface area contributed by atoms with Crippen molar-refractivity contribution in [2.75, 3.05) is 0 Å². The molecule has 1 aromatic heterocycles. The first-order chi connectivity index (χ1) is 9.67. The minimum atomic E-state index is -0.226. The van der Waals surface area contributed by atoms with E-state index in [1.54, 1.807) is 0 Å². The van der Waals surface area contributed by atoms with Gasteiger partial charge in [-0.15, -0.1) is 0 Å². The van der Waals surface area contributed by atoms with Crippen LogP contribution in [-0.4, -0.2) is 21.0 Å². The Kier molecular flexibility index (Phi) is 6.09. The molecule has 1 aliphatic rings. The molecular weight excluding hydrogens is 316 g/mol. The highest BCUT2D eigenvalue weighted by molar-refractivity contribution is 9.10. The molecule has 1 aliphatic carbocycles. The van der Waals surface area contributed by atoms with Gasteiger partial charge in [-0.3, -0.25) is 4.68 Å². The predicted molar refractivity (Wildman–Crippen MR) is 85.9 cm³/mol. The van der Waals surface area contributed by atoms with E-state index >= 15 is 0 Å². The lowest BCUT2D eigenvalue weighted by Gasteiger charge is -2.21. The molecule has 114 valence electrons. The fourth-order valence-corrected chi connectivity index (χ4v) is 4.00. The molecule has 0 radical (unpaired) electrons. The highest BCUT2D eigenvalue weighted by atomic mass is 79.9. The van der Waals surface area contributed by atoms with E-state index in [1.165, 1.54) is 44.2 Å². The van der Waals surface area contributed by atoms with Gasteiger partial charge in [-0.1, -0.05) is 32.6 Å². The molecule has 3 nitrogen and oxygen atoms in total. The summed E-state index contributed by atoms with van der Waals surface area (Å²) in [7, 11) is 0. The van der Waals surface area contributed by atoms with Gasteiger partial charge in [0.1, 0.15) is 0 Å². The van der Waals surface area contributed by atoms with Gasteiger partial charge >= 0.3 is 0 Å². The largest absolute Gasteiger partial charge is 0.392 e. The number of hydrogen-bond donors (Lipinski definition) is 1. The molecule has 0 bridgehead atoms. The Bertz CT molecular complexity index is 422. The molecule has 0 aliphatic heterocycles. The van der Waals surface area contributed by atoms with Crippen LogP contribution in [0.3, 0.4) is 0 Å². The number of nitrogens with zero attached hydrogens (tertiary/aromatic N) is 2. The van der Waals surface area contributed by atoms with Crippen LogP contribution in [0.1, 0.15) is 63.8 Å². The molecule has 1 atom stereocenters. The summed E-state index contributed by atoms with van der Waals surface area (Å²) in [5, 5.41) is 15.2. The van der Waals surface area contributed by atoms with Crippen molar-refractivity contribution in [3.05, 3.63) is 15.9 Å². The van der Waals surface area contributed by atoms with Gasteiger partial charge < -0.3 is 5.11 Å². The molecule has 1 unspecified atom stereocenters. The van der Waals surface area contributed by atoms with Crippen LogP contribution < -0.4 is 0 Å². The third-order valence-corrected chi connectivity index (χ3v) is 5.46. The quantitative estimate of drug-likeness (QED) is 0.818. The lowest BCUT2D eigenvalue weighted by Crippen LogP contribution is -2.24. The summed E-state index contributed by atoms with van der Waals surface area (Å²) >= 11 is 3.68. The second-order valence-corrected chi connectivity index (χ2v) is 6.69. The van der Waals surface area contributed by atoms with Crippen LogP contribution in [0, 0.1) is 5.92 Å². The van der Waals surface area contributed by atoms with E-state index in [0.29, 0.717) is 5.92 Å². The van der Waals surface area contributed by atoms with E-state index in [9.17, 15) is 5.11 Å². The average molecular weight is 343 g/mol. The maximum absolute atomic E-state index is 10.6. The first kappa shape index (κ1) is 16.0. The topological polar surface area (TPSA) is 38.0 Å². The number of rotatable bonds is 5. The molecule has 0 saturated heterocycles. The van der Waals surface area contributed by atoms with Crippen LogP contribution in [-0.2, 0) is 19.4 Å². The summed E-state index contributed by atoms with van der Waals surface area (Å²) in [6.45, 7) is 5.10. The third kappa shape index (κ3) is 3.64. The number of aliphatic hydroxyl groups excluding tert-OH is 1. The fraction of sp³-hybridized carbons (Fsp3) is 0.812. The minimum Gasteiger partial charge on any atom is -0.392 e. The Morgan fingerprint density at radius 2 is 1.90 bits per heavy atom. The molecule has 0 aromatic carbocycles. The van der Waals surface area contributed by atoms with E-state index in [-0.39, 0.29) is 6.10 Å². The number of aliphatic hydroxyl groups is 1. The Morgan fingerprint density at radius 1 is 1.25 bits per heavy atom. The van der Waals surface area contributed by atoms with Crippen molar-refractivity contribution in [1.29, 1.82) is 0 Å². The van der Waals surface area contributed by atoms with Gasteiger partial charge in [0.05, 0.1) is 22.0 Å². The molecule has 1 aromatic rings. The lowest BCUT2D eigenvalue weighted by atomic mass is 9.91. The van der Waals surface area contributed by atoms with E-state index in [1.807, 2.05) is 4.68 Å². The van der Waals surface area contributed by atoms with Crippen LogP contribution >= 0.6 is 15.9 Å². The zero-order valence-electron chi connectivity index (χ0n) is 12.7. The molecule has 1 heterocycles. The highest BCUT2D eigenvalue weighted by Gasteiger charge is 2.24. The monoisotopic (exact) mass is 342 g/mol. The first-order valence-electron chi connectivity index (χ1n) is 8.09. The smallest absolute Gasteiger partial charge is 0.0766 e. The first-order valence-corrected chi connectivity index (χ1v) is 8.88. The Hall–Kier alpha value is -0.350. The standard InChI is InChI=1S/C16H27BrN2O/c1-3-13-16(17)14(19(4-2)18-13)11-15(20)12-9-7-5-6-8-10-12/h12,15,20H,3-11H2,1-2H3. The molecule has 1 N–H and O–H groups in total. The summed E-state index contributed by atoms with van der Waals surface area (Å²) in [4.78, 5) is 0. The normalized spacial score (nSPS) is 19.0. The predicted octanol–water partition coefficient (Wildman–Crippen LogP) is 4.10. The van der Waals surface area contributed by atoms with Crippen LogP contribution in [0.25, 0.3) is 0 Å². The van der Waals surface area contributed by atoms with Crippen molar-refractivity contribution in [3.8, 4) is 0 Å². The molecule has 1 fully saturated rings. The Morgan fingerprint density at radius 3 is 2.45 bits per heavy atom. The van der Waals surface area contributed by atoms with Crippen LogP contribution in [0.5, 0.6) is 0 Å². The summed E-state index contributed by atoms with van der Waals surface area (Å²) < 4.78 is 3.15. The molecular formula is C16H27BrN2O. The van der Waals surface area contributed by atoms with Crippen molar-refractivity contribution in [3.63, 3.8) is 0 Å². The summed E-state index contributed by atoms with van der Waals surface area (Å²) in [5.74, 6) is 0.467. The molecule has 2 rings (SSSR count). The maximum atomic E-state index is 10.6. The lowest BCUT2D eigenvalue weighted by molar-refractivity contribution is 0.0964. The van der Waals surface area contributed by atoms with E-state index in [0.717, 1.165) is 29.6 Å². The van der Waals surface area contributed by atoms with Crippen LogP contribution in [0.2, 0.25) is 0 Å². The zero-order chi connectivity index (χ0) is 14.5. The SMILES string of the molecule is CCc1nn(CC)c(CC(O)C2CCCCCC2)c1Br. The van der Waals surface area contributed by atoms with E-state index < -0.39 is 0 Å². The number of aryl methyl sites for hydroxylation is 2. The number of hydrogen-bond acceptors (Lipinski definition) is 2. The van der Waals surface area contributed by atoms with Gasteiger partial charge in [0.2, 0.25) is 0 Å². The third-order valence-electron chi connectivity index (χ3n) is 4.54. The molecule has 20 heavy (non-hydrogen) atoms. The number of aromatic nitrogens is 2. The van der Waals surface area contributed by atoms with E-state index in [2.05, 4.69) is 34.9 Å². The van der Waals surface area contributed by atoms with Crippen molar-refractivity contribution >= 4 is 15.9 Å². The van der Waals surface area contributed by atoms with Crippen LogP contribution in [0.4, 0.5) is 0 Å². The van der Waals surface area contributed by atoms with Crippen molar-refractivity contribution < 1.29 is 5.11 Å². The summed E-state index contributed by atoms with van der Waals surface area (Å²) in [5.41, 5.74) is 2.27. The van der Waals surface area contributed by atoms with Gasteiger partial charge in [-0.05, 0) is 48.0 Å². The zero-order valence-corrected chi connectivity index (χ0v) is 14.3. The molecule has 1 saturated carbocycles. The van der Waals surface area contributed by atoms with Crippen LogP contribution in [0.15, 0.2) is 4.47 Å². The van der Waals surface area contributed by atoms with Crippen molar-refractivity contribution in [2.24, 2.45) is 5.92 Å². The maximum Gasteiger partial charge on any atom is 0.0766 e. The summed E-state index contributed by atoms with van der Waals surface area (Å²) in [6.07, 6.45) is 9.01. The van der Waals surface area contributed by atoms with Gasteiger partial charge in [0.25, 0.3) is 0 Å². The highest BCUT2D eigenvalue weighted by Crippen LogP contribution is 2.30. The minimum absolute atomic E-state index is 0.226. The molecule has 0 amide bonds. The second-order valence-electron chi connectivity index (χ2n) is 5.90. The molecule has 0 spiro atoms. The van der Waals surface area contributed by atoms with Crippen molar-refractivity contribution in [2.45, 2.75) is 77.9 Å². The Labute approximate surface area is 130 Å². The van der Waals surface area contributed by atoms with Gasteiger partial charge in [0.15, 0.2) is 0 Å². The fourth-order valence-electron chi connectivity index (χ4n) is 3.27.